The van der Waals surface area contributed by atoms with E-state index in [1.165, 1.54) is 0 Å². The second-order valence-corrected chi connectivity index (χ2v) is 7.45. The second kappa shape index (κ2) is 8.87. The van der Waals surface area contributed by atoms with Gasteiger partial charge in [0.1, 0.15) is 5.92 Å². The van der Waals surface area contributed by atoms with Gasteiger partial charge in [-0.25, -0.2) is 0 Å². The van der Waals surface area contributed by atoms with Crippen molar-refractivity contribution < 1.29 is 14.3 Å². The van der Waals surface area contributed by atoms with Crippen LogP contribution in [0, 0.1) is 17.8 Å². The summed E-state index contributed by atoms with van der Waals surface area (Å²) in [5.74, 6) is -0.650. The van der Waals surface area contributed by atoms with Crippen LogP contribution in [0.15, 0.2) is 18.2 Å². The van der Waals surface area contributed by atoms with Gasteiger partial charge in [0.25, 0.3) is 0 Å². The molecule has 132 valence electrons. The number of esters is 1. The third-order valence-electron chi connectivity index (χ3n) is 4.77. The maximum atomic E-state index is 12.9. The van der Waals surface area contributed by atoms with Crippen LogP contribution in [0.25, 0.3) is 0 Å². The topological polar surface area (TPSA) is 43.4 Å². The van der Waals surface area contributed by atoms with Gasteiger partial charge < -0.3 is 4.74 Å². The first-order valence-corrected chi connectivity index (χ1v) is 9.32. The molecule has 1 aliphatic rings. The molecule has 5 heteroatoms. The summed E-state index contributed by atoms with van der Waals surface area (Å²) in [5.41, 5.74) is 0.747. The molecule has 0 aromatic heterocycles. The van der Waals surface area contributed by atoms with Crippen molar-refractivity contribution in [3.63, 3.8) is 0 Å². The molecule has 0 aliphatic heterocycles. The van der Waals surface area contributed by atoms with Gasteiger partial charge in [0, 0.05) is 16.0 Å². The first kappa shape index (κ1) is 19.3. The molecule has 0 bridgehead atoms. The normalized spacial score (nSPS) is 22.0. The lowest BCUT2D eigenvalue weighted by atomic mass is 9.76. The number of ketones is 1. The fourth-order valence-electron chi connectivity index (χ4n) is 3.28. The Hall–Kier alpha value is -1.06. The maximum absolute atomic E-state index is 12.9. The highest BCUT2D eigenvalue weighted by Crippen LogP contribution is 2.32. The molecule has 1 unspecified atom stereocenters. The monoisotopic (exact) mass is 370 g/mol. The maximum Gasteiger partial charge on any atom is 0.316 e. The number of carbonyl (C=O) groups excluding carboxylic acids is 2. The number of halogens is 2. The molecule has 24 heavy (non-hydrogen) atoms. The molecule has 2 rings (SSSR count). The van der Waals surface area contributed by atoms with Crippen molar-refractivity contribution in [1.29, 1.82) is 0 Å². The van der Waals surface area contributed by atoms with E-state index < -0.39 is 11.9 Å². The van der Waals surface area contributed by atoms with E-state index in [2.05, 4.69) is 6.92 Å². The standard InChI is InChI=1S/C19H24Cl2O3/c1-3-24-19(23)16(10-14-8-9-15(20)11-17(14)21)18(22)13-6-4-12(2)5-7-13/h8-9,11-13,16H,3-7,10H2,1-2H3. The smallest absolute Gasteiger partial charge is 0.316 e. The Labute approximate surface area is 153 Å². The summed E-state index contributed by atoms with van der Waals surface area (Å²) in [7, 11) is 0. The average molecular weight is 371 g/mol. The van der Waals surface area contributed by atoms with Gasteiger partial charge in [-0.05, 0) is 49.8 Å². The van der Waals surface area contributed by atoms with E-state index in [0.29, 0.717) is 16.0 Å². The minimum atomic E-state index is -0.790. The van der Waals surface area contributed by atoms with Crippen LogP contribution in [0.4, 0.5) is 0 Å². The molecule has 3 nitrogen and oxygen atoms in total. The van der Waals surface area contributed by atoms with Crippen LogP contribution in [0.1, 0.15) is 45.1 Å². The highest BCUT2D eigenvalue weighted by atomic mass is 35.5. The fourth-order valence-corrected chi connectivity index (χ4v) is 3.76. The van der Waals surface area contributed by atoms with Crippen LogP contribution < -0.4 is 0 Å². The largest absolute Gasteiger partial charge is 0.465 e. The molecule has 0 spiro atoms. The van der Waals surface area contributed by atoms with E-state index in [0.717, 1.165) is 31.2 Å². The van der Waals surface area contributed by atoms with Crippen LogP contribution >= 0.6 is 23.2 Å². The van der Waals surface area contributed by atoms with E-state index in [1.54, 1.807) is 25.1 Å². The summed E-state index contributed by atoms with van der Waals surface area (Å²) in [6.45, 7) is 4.21. The van der Waals surface area contributed by atoms with Gasteiger partial charge in [0.2, 0.25) is 0 Å². The van der Waals surface area contributed by atoms with Crippen molar-refractivity contribution in [2.24, 2.45) is 17.8 Å². The summed E-state index contributed by atoms with van der Waals surface area (Å²) in [6, 6.07) is 5.12. The third-order valence-corrected chi connectivity index (χ3v) is 5.36. The molecule has 0 saturated heterocycles. The number of benzene rings is 1. The number of ether oxygens (including phenoxy) is 1. The molecule has 1 aromatic carbocycles. The third kappa shape index (κ3) is 4.97. The van der Waals surface area contributed by atoms with Gasteiger partial charge in [-0.15, -0.1) is 0 Å². The van der Waals surface area contributed by atoms with E-state index in [-0.39, 0.29) is 24.7 Å². The minimum Gasteiger partial charge on any atom is -0.465 e. The van der Waals surface area contributed by atoms with Crippen molar-refractivity contribution in [2.45, 2.75) is 46.0 Å². The molecule has 0 heterocycles. The molecule has 1 fully saturated rings. The Balaban J connectivity index is 2.17. The SMILES string of the molecule is CCOC(=O)C(Cc1ccc(Cl)cc1Cl)C(=O)C1CCC(C)CC1. The van der Waals surface area contributed by atoms with Crippen molar-refractivity contribution in [3.05, 3.63) is 33.8 Å². The lowest BCUT2D eigenvalue weighted by Crippen LogP contribution is -2.34. The minimum absolute atomic E-state index is 0.00799. The zero-order valence-corrected chi connectivity index (χ0v) is 15.7. The van der Waals surface area contributed by atoms with Gasteiger partial charge in [-0.2, -0.15) is 0 Å². The van der Waals surface area contributed by atoms with E-state index in [9.17, 15) is 9.59 Å². The quantitative estimate of drug-likeness (QED) is 0.516. The summed E-state index contributed by atoms with van der Waals surface area (Å²) < 4.78 is 5.14. The van der Waals surface area contributed by atoms with Crippen molar-refractivity contribution >= 4 is 35.0 Å². The van der Waals surface area contributed by atoms with Crippen LogP contribution in [0.2, 0.25) is 10.0 Å². The average Bonchev–Trinajstić information content (AvgIpc) is 2.54. The Morgan fingerprint density at radius 2 is 1.88 bits per heavy atom. The van der Waals surface area contributed by atoms with Gasteiger partial charge >= 0.3 is 5.97 Å². The molecular weight excluding hydrogens is 347 g/mol. The molecule has 1 saturated carbocycles. The Morgan fingerprint density at radius 3 is 2.46 bits per heavy atom. The van der Waals surface area contributed by atoms with Gasteiger partial charge in [-0.1, -0.05) is 49.0 Å². The molecule has 1 aliphatic carbocycles. The van der Waals surface area contributed by atoms with E-state index >= 15 is 0 Å². The van der Waals surface area contributed by atoms with Crippen LogP contribution in [0.5, 0.6) is 0 Å². The first-order chi connectivity index (χ1) is 11.4. The van der Waals surface area contributed by atoms with Gasteiger partial charge in [0.15, 0.2) is 5.78 Å². The van der Waals surface area contributed by atoms with Crippen molar-refractivity contribution in [1.82, 2.24) is 0 Å². The summed E-state index contributed by atoms with van der Waals surface area (Å²) in [4.78, 5) is 25.3. The summed E-state index contributed by atoms with van der Waals surface area (Å²) in [5, 5.41) is 1.01. The van der Waals surface area contributed by atoms with E-state index in [4.69, 9.17) is 27.9 Å². The van der Waals surface area contributed by atoms with Crippen molar-refractivity contribution in [2.75, 3.05) is 6.61 Å². The van der Waals surface area contributed by atoms with Crippen LogP contribution in [-0.2, 0) is 20.7 Å². The lowest BCUT2D eigenvalue weighted by molar-refractivity contribution is -0.152. The molecule has 1 atom stereocenters. The Kier molecular flexibility index (Phi) is 7.12. The number of Topliss-reactive ketones (excluding diaryl/α,β-unsaturated/α-hetero) is 1. The van der Waals surface area contributed by atoms with Crippen LogP contribution in [0.3, 0.4) is 0 Å². The Morgan fingerprint density at radius 1 is 1.21 bits per heavy atom. The summed E-state index contributed by atoms with van der Waals surface area (Å²) >= 11 is 12.1. The predicted molar refractivity (Wildman–Crippen MR) is 96.4 cm³/mol. The second-order valence-electron chi connectivity index (χ2n) is 6.60. The summed E-state index contributed by atoms with van der Waals surface area (Å²) in [6.07, 6.45) is 4.04. The Bertz CT molecular complexity index is 592. The van der Waals surface area contributed by atoms with E-state index in [1.807, 2.05) is 0 Å². The number of hydrogen-bond acceptors (Lipinski definition) is 3. The number of rotatable bonds is 6. The highest BCUT2D eigenvalue weighted by Gasteiger charge is 2.35. The predicted octanol–water partition coefficient (Wildman–Crippen LogP) is 5.11. The molecular formula is C19H24Cl2O3. The van der Waals surface area contributed by atoms with Gasteiger partial charge in [0.05, 0.1) is 6.61 Å². The van der Waals surface area contributed by atoms with Crippen molar-refractivity contribution in [3.8, 4) is 0 Å². The zero-order valence-electron chi connectivity index (χ0n) is 14.2. The lowest BCUT2D eigenvalue weighted by Gasteiger charge is -2.27. The molecule has 0 amide bonds. The molecule has 0 radical (unpaired) electrons. The highest BCUT2D eigenvalue weighted by molar-refractivity contribution is 6.35. The molecule has 1 aromatic rings. The first-order valence-electron chi connectivity index (χ1n) is 8.56. The number of hydrogen-bond donors (Lipinski definition) is 0. The molecule has 0 N–H and O–H groups in total. The zero-order chi connectivity index (χ0) is 17.7. The fraction of sp³-hybridized carbons (Fsp3) is 0.579. The van der Waals surface area contributed by atoms with Crippen LogP contribution in [-0.4, -0.2) is 18.4 Å². The van der Waals surface area contributed by atoms with Gasteiger partial charge in [-0.3, -0.25) is 9.59 Å². The number of carbonyl (C=O) groups is 2.